The van der Waals surface area contributed by atoms with Gasteiger partial charge in [0.15, 0.2) is 27.8 Å². The maximum Gasteiger partial charge on any atom is 0.299 e. The summed E-state index contributed by atoms with van der Waals surface area (Å²) in [6, 6.07) is 27.3. The number of hydrogen-bond acceptors (Lipinski definition) is 4. The van der Waals surface area contributed by atoms with Crippen molar-refractivity contribution in [2.45, 2.75) is 60.2 Å². The summed E-state index contributed by atoms with van der Waals surface area (Å²) in [7, 11) is 2.05. The summed E-state index contributed by atoms with van der Waals surface area (Å²) < 4.78 is 65.9. The Morgan fingerprint density at radius 1 is 0.766 bits per heavy atom. The highest BCUT2D eigenvalue weighted by Gasteiger charge is 2.34. The molecule has 0 spiro atoms. The Bertz CT molecular complexity index is 2700. The zero-order valence-corrected chi connectivity index (χ0v) is 27.3. The minimum absolute atomic E-state index is 0.0402. The lowest BCUT2D eigenvalue weighted by atomic mass is 9.88. The molecule has 0 aliphatic carbocycles. The second kappa shape index (κ2) is 10.7. The summed E-state index contributed by atoms with van der Waals surface area (Å²) in [6.45, 7) is 5.43. The predicted octanol–water partition coefficient (Wildman–Crippen LogP) is 10.4. The smallest absolute Gasteiger partial charge is 0.299 e. The van der Waals surface area contributed by atoms with Crippen molar-refractivity contribution in [3.05, 3.63) is 107 Å². The summed E-state index contributed by atoms with van der Waals surface area (Å²) in [4.78, 5) is 8.20. The van der Waals surface area contributed by atoms with Crippen LogP contribution in [0, 0.1) is 20.6 Å². The summed E-state index contributed by atoms with van der Waals surface area (Å²) in [5, 5.41) is 0.647. The largest absolute Gasteiger partial charge is 0.451 e. The molecule has 47 heavy (non-hydrogen) atoms. The minimum atomic E-state index is -2.76. The van der Waals surface area contributed by atoms with Crippen molar-refractivity contribution in [1.29, 1.82) is 0 Å². The van der Waals surface area contributed by atoms with Gasteiger partial charge < -0.3 is 8.83 Å². The zero-order valence-electron chi connectivity index (χ0n) is 33.3. The van der Waals surface area contributed by atoms with Crippen molar-refractivity contribution < 1.29 is 21.6 Å². The molecular formula is C41H39N4O2+. The Morgan fingerprint density at radius 2 is 1.49 bits per heavy atom. The molecule has 4 aromatic carbocycles. The van der Waals surface area contributed by atoms with E-state index in [2.05, 4.69) is 101 Å². The molecule has 4 heterocycles. The van der Waals surface area contributed by atoms with Crippen LogP contribution in [0.25, 0.3) is 72.5 Å². The fraction of sp³-hybridized carbons (Fsp3) is 0.244. The number of rotatable bonds is 5. The second-order valence-corrected chi connectivity index (χ2v) is 13.0. The van der Waals surface area contributed by atoms with Crippen LogP contribution in [0.3, 0.4) is 0 Å². The van der Waals surface area contributed by atoms with Crippen molar-refractivity contribution in [2.24, 2.45) is 7.05 Å². The van der Waals surface area contributed by atoms with Crippen LogP contribution < -0.4 is 4.57 Å². The van der Waals surface area contributed by atoms with Gasteiger partial charge in [0.05, 0.1) is 18.1 Å². The van der Waals surface area contributed by atoms with Crippen LogP contribution >= 0.6 is 0 Å². The number of fused-ring (bicyclic) bond motifs is 6. The zero-order chi connectivity index (χ0) is 37.7. The SMILES string of the molecule is [2H]C([2H])([2H])c1nc(C([2H])([2H])[2H])c2c(n1)oc1c3ccc(C)c(-c4n(-c5c(C(C)C)cc(-c6ccccc6)cc5C(C)C)c5ccccc5[n+]4C)c3oc12. The summed E-state index contributed by atoms with van der Waals surface area (Å²) in [5.41, 5.74) is 10.00. The van der Waals surface area contributed by atoms with E-state index in [-0.39, 0.29) is 34.1 Å². The lowest BCUT2D eigenvalue weighted by Gasteiger charge is -2.21. The number of benzene rings is 4. The molecule has 8 rings (SSSR count). The van der Waals surface area contributed by atoms with E-state index in [0.29, 0.717) is 11.0 Å². The molecule has 0 unspecified atom stereocenters. The number of imidazole rings is 1. The minimum Gasteiger partial charge on any atom is -0.451 e. The van der Waals surface area contributed by atoms with E-state index in [1.165, 1.54) is 11.1 Å². The van der Waals surface area contributed by atoms with Crippen LogP contribution in [0.15, 0.2) is 87.7 Å². The van der Waals surface area contributed by atoms with Gasteiger partial charge in [0.2, 0.25) is 5.71 Å². The van der Waals surface area contributed by atoms with Gasteiger partial charge in [0.25, 0.3) is 5.82 Å². The topological polar surface area (TPSA) is 60.9 Å². The van der Waals surface area contributed by atoms with Gasteiger partial charge in [0.1, 0.15) is 22.5 Å². The molecule has 4 aromatic heterocycles. The molecule has 0 fully saturated rings. The van der Waals surface area contributed by atoms with Gasteiger partial charge in [-0.1, -0.05) is 76.2 Å². The third-order valence-electron chi connectivity index (χ3n) is 9.30. The predicted molar refractivity (Wildman–Crippen MR) is 190 cm³/mol. The third kappa shape index (κ3) is 4.34. The van der Waals surface area contributed by atoms with Crippen molar-refractivity contribution in [3.8, 4) is 28.2 Å². The molecule has 0 saturated carbocycles. The molecule has 0 N–H and O–H groups in total. The fourth-order valence-electron chi connectivity index (χ4n) is 7.03. The quantitative estimate of drug-likeness (QED) is 0.179. The van der Waals surface area contributed by atoms with Gasteiger partial charge in [-0.15, -0.1) is 0 Å². The van der Waals surface area contributed by atoms with E-state index in [4.69, 9.17) is 17.1 Å². The highest BCUT2D eigenvalue weighted by atomic mass is 16.4. The summed E-state index contributed by atoms with van der Waals surface area (Å²) in [6.07, 6.45) is 0. The van der Waals surface area contributed by atoms with Crippen molar-refractivity contribution in [2.75, 3.05) is 0 Å². The van der Waals surface area contributed by atoms with Crippen LogP contribution in [0.1, 0.15) is 76.0 Å². The Balaban J connectivity index is 1.50. The number of aryl methyl sites for hydroxylation is 4. The fourth-order valence-corrected chi connectivity index (χ4v) is 7.03. The molecular weight excluding hydrogens is 580 g/mol. The highest BCUT2D eigenvalue weighted by Crippen LogP contribution is 2.44. The normalized spacial score (nSPS) is 14.6. The van der Waals surface area contributed by atoms with Crippen LogP contribution in [-0.4, -0.2) is 14.5 Å². The van der Waals surface area contributed by atoms with E-state index in [0.717, 1.165) is 44.8 Å². The Hall–Kier alpha value is -5.23. The van der Waals surface area contributed by atoms with Crippen LogP contribution in [0.4, 0.5) is 0 Å². The average molecular weight is 626 g/mol. The van der Waals surface area contributed by atoms with Gasteiger partial charge in [-0.05, 0) is 79.5 Å². The maximum atomic E-state index is 8.28. The summed E-state index contributed by atoms with van der Waals surface area (Å²) >= 11 is 0. The van der Waals surface area contributed by atoms with E-state index in [1.807, 2.05) is 38.2 Å². The van der Waals surface area contributed by atoms with Gasteiger partial charge in [-0.2, -0.15) is 9.55 Å². The first-order valence-electron chi connectivity index (χ1n) is 19.0. The van der Waals surface area contributed by atoms with E-state index >= 15 is 0 Å². The van der Waals surface area contributed by atoms with Gasteiger partial charge in [0, 0.05) is 19.4 Å². The molecule has 0 saturated heterocycles. The number of aromatic nitrogens is 4. The molecule has 0 radical (unpaired) electrons. The van der Waals surface area contributed by atoms with E-state index in [1.54, 1.807) is 0 Å². The molecule has 0 amide bonds. The van der Waals surface area contributed by atoms with Crippen molar-refractivity contribution in [3.63, 3.8) is 0 Å². The number of nitrogens with zero attached hydrogens (tertiary/aromatic N) is 4. The lowest BCUT2D eigenvalue weighted by molar-refractivity contribution is -0.633. The van der Waals surface area contributed by atoms with Gasteiger partial charge in [-0.25, -0.2) is 9.55 Å². The molecule has 0 bridgehead atoms. The lowest BCUT2D eigenvalue weighted by Crippen LogP contribution is -2.30. The standard InChI is InChI=1S/C41H39N4O2/c1-22(2)30-20-28(27-14-10-9-11-15-27)21-31(23(3)4)36(30)45-33-17-13-12-16-32(33)44(8)41(45)34-24(5)18-19-29-37(34)46-39-35-25(6)42-26(7)43-40(35)47-38(29)39/h9-23H,1-8H3/q+1/i6D3,7D3. The average Bonchev–Trinajstić information content (AvgIpc) is 3.74. The Labute approximate surface area is 282 Å². The molecule has 6 heteroatoms. The van der Waals surface area contributed by atoms with Gasteiger partial charge >= 0.3 is 0 Å². The third-order valence-corrected chi connectivity index (χ3v) is 9.30. The molecule has 0 aliphatic rings. The van der Waals surface area contributed by atoms with Crippen LogP contribution in [-0.2, 0) is 7.05 Å². The molecule has 0 atom stereocenters. The Morgan fingerprint density at radius 3 is 2.19 bits per heavy atom. The van der Waals surface area contributed by atoms with E-state index < -0.39 is 25.2 Å². The molecule has 6 nitrogen and oxygen atoms in total. The first-order chi connectivity index (χ1) is 25.1. The van der Waals surface area contributed by atoms with Crippen LogP contribution in [0.5, 0.6) is 0 Å². The summed E-state index contributed by atoms with van der Waals surface area (Å²) in [5.74, 6) is 0.643. The van der Waals surface area contributed by atoms with Crippen molar-refractivity contribution >= 4 is 44.3 Å². The highest BCUT2D eigenvalue weighted by molar-refractivity contribution is 6.15. The first-order valence-corrected chi connectivity index (χ1v) is 16.0. The molecule has 0 aliphatic heterocycles. The molecule has 8 aromatic rings. The number of hydrogen-bond donors (Lipinski definition) is 0. The molecule has 234 valence electrons. The Kier molecular flexibility index (Phi) is 5.25. The van der Waals surface area contributed by atoms with Crippen molar-refractivity contribution in [1.82, 2.24) is 14.5 Å². The first kappa shape index (κ1) is 23.1. The van der Waals surface area contributed by atoms with Crippen LogP contribution in [0.2, 0.25) is 0 Å². The second-order valence-electron chi connectivity index (χ2n) is 13.0. The maximum absolute atomic E-state index is 8.28. The van der Waals surface area contributed by atoms with E-state index in [9.17, 15) is 0 Å². The monoisotopic (exact) mass is 625 g/mol. The number of furan rings is 2. The number of para-hydroxylation sites is 2. The van der Waals surface area contributed by atoms with Gasteiger partial charge in [-0.3, -0.25) is 0 Å².